The molecule has 2 aromatic rings. The van der Waals surface area contributed by atoms with E-state index in [1.165, 1.54) is 0 Å². The van der Waals surface area contributed by atoms with Gasteiger partial charge in [0.1, 0.15) is 0 Å². The Morgan fingerprint density at radius 1 is 1.15 bits per heavy atom. The second-order valence-electron chi connectivity index (χ2n) is 7.52. The van der Waals surface area contributed by atoms with Gasteiger partial charge in [-0.25, -0.2) is 9.97 Å². The summed E-state index contributed by atoms with van der Waals surface area (Å²) >= 11 is 12.4. The Labute approximate surface area is 170 Å². The Morgan fingerprint density at radius 2 is 1.89 bits per heavy atom. The minimum absolute atomic E-state index is 0.0779. The number of hydrogen-bond acceptors (Lipinski definition) is 4. The zero-order valence-corrected chi connectivity index (χ0v) is 17.5. The number of hydrogen-bond donors (Lipinski definition) is 2. The lowest BCUT2D eigenvalue weighted by Crippen LogP contribution is -2.35. The highest BCUT2D eigenvalue weighted by Gasteiger charge is 2.20. The van der Waals surface area contributed by atoms with Crippen molar-refractivity contribution in [1.29, 1.82) is 0 Å². The number of aromatic nitrogens is 2. The van der Waals surface area contributed by atoms with Crippen LogP contribution in [0.4, 0.5) is 5.95 Å². The number of amides is 1. The molecular formula is C20H26Cl2N4O. The number of nitrogens with zero attached hydrogens (tertiary/aromatic N) is 2. The Balaban J connectivity index is 1.90. The lowest BCUT2D eigenvalue weighted by atomic mass is 9.96. The van der Waals surface area contributed by atoms with Crippen LogP contribution in [-0.4, -0.2) is 22.4 Å². The van der Waals surface area contributed by atoms with Crippen molar-refractivity contribution < 1.29 is 4.79 Å². The molecule has 5 nitrogen and oxygen atoms in total. The second kappa shape index (κ2) is 9.38. The predicted octanol–water partition coefficient (Wildman–Crippen LogP) is 4.91. The summed E-state index contributed by atoms with van der Waals surface area (Å²) in [5, 5.41) is 3.89. The van der Waals surface area contributed by atoms with Crippen molar-refractivity contribution in [3.8, 4) is 11.3 Å². The fraction of sp³-hybridized carbons (Fsp3) is 0.450. The van der Waals surface area contributed by atoms with E-state index < -0.39 is 0 Å². The highest BCUT2D eigenvalue weighted by molar-refractivity contribution is 6.43. The number of nitrogens with two attached hydrogens (primary N) is 1. The fourth-order valence-corrected chi connectivity index (χ4v) is 2.96. The third kappa shape index (κ3) is 6.36. The number of nitrogens with one attached hydrogen (secondary N) is 1. The van der Waals surface area contributed by atoms with Crippen molar-refractivity contribution >= 4 is 35.1 Å². The van der Waals surface area contributed by atoms with Gasteiger partial charge in [-0.2, -0.15) is 0 Å². The van der Waals surface area contributed by atoms with Crippen LogP contribution in [0, 0.1) is 5.41 Å². The van der Waals surface area contributed by atoms with Crippen molar-refractivity contribution in [2.75, 3.05) is 12.3 Å². The fourth-order valence-electron chi connectivity index (χ4n) is 2.56. The number of halogens is 2. The summed E-state index contributed by atoms with van der Waals surface area (Å²) in [7, 11) is 0. The SMILES string of the molecule is CC(C)(C)C(=O)NCCCCCc1cc(-c2cccc(Cl)c2Cl)nc(N)n1. The maximum absolute atomic E-state index is 11.8. The maximum atomic E-state index is 11.8. The van der Waals surface area contributed by atoms with Gasteiger partial charge in [-0.3, -0.25) is 4.79 Å². The van der Waals surface area contributed by atoms with E-state index in [9.17, 15) is 4.79 Å². The molecule has 0 aliphatic rings. The molecule has 2 rings (SSSR count). The maximum Gasteiger partial charge on any atom is 0.225 e. The quantitative estimate of drug-likeness (QED) is 0.637. The van der Waals surface area contributed by atoms with Gasteiger partial charge < -0.3 is 11.1 Å². The standard InChI is InChI=1S/C20H26Cl2N4O/c1-20(2,3)18(27)24-11-6-4-5-8-13-12-16(26-19(23)25-13)14-9-7-10-15(21)17(14)22/h7,9-10,12H,4-6,8,11H2,1-3H3,(H,24,27)(H2,23,25,26). The van der Waals surface area contributed by atoms with Crippen LogP contribution >= 0.6 is 23.2 Å². The molecule has 0 fully saturated rings. The summed E-state index contributed by atoms with van der Waals surface area (Å²) in [6.07, 6.45) is 3.65. The van der Waals surface area contributed by atoms with E-state index in [4.69, 9.17) is 28.9 Å². The van der Waals surface area contributed by atoms with E-state index >= 15 is 0 Å². The molecule has 0 aliphatic carbocycles. The zero-order chi connectivity index (χ0) is 20.0. The van der Waals surface area contributed by atoms with Gasteiger partial charge in [0.15, 0.2) is 0 Å². The molecule has 0 radical (unpaired) electrons. The van der Waals surface area contributed by atoms with Crippen molar-refractivity contribution in [2.45, 2.75) is 46.5 Å². The average Bonchev–Trinajstić information content (AvgIpc) is 2.58. The topological polar surface area (TPSA) is 80.9 Å². The Kier molecular flexibility index (Phi) is 7.45. The summed E-state index contributed by atoms with van der Waals surface area (Å²) in [4.78, 5) is 20.4. The molecule has 1 amide bonds. The first-order chi connectivity index (χ1) is 12.7. The van der Waals surface area contributed by atoms with Crippen LogP contribution in [0.5, 0.6) is 0 Å². The molecule has 0 bridgehead atoms. The molecule has 0 atom stereocenters. The molecule has 7 heteroatoms. The minimum Gasteiger partial charge on any atom is -0.368 e. The molecular weight excluding hydrogens is 383 g/mol. The third-order valence-corrected chi connectivity index (χ3v) is 4.92. The lowest BCUT2D eigenvalue weighted by molar-refractivity contribution is -0.128. The molecule has 27 heavy (non-hydrogen) atoms. The smallest absolute Gasteiger partial charge is 0.225 e. The number of benzene rings is 1. The van der Waals surface area contributed by atoms with Crippen LogP contribution in [0.2, 0.25) is 10.0 Å². The van der Waals surface area contributed by atoms with Crippen LogP contribution in [-0.2, 0) is 11.2 Å². The number of carbonyl (C=O) groups excluding carboxylic acids is 1. The Morgan fingerprint density at radius 3 is 2.59 bits per heavy atom. The van der Waals surface area contributed by atoms with Gasteiger partial charge in [0.2, 0.25) is 11.9 Å². The molecule has 1 aromatic heterocycles. The first-order valence-corrected chi connectivity index (χ1v) is 9.80. The van der Waals surface area contributed by atoms with Crippen molar-refractivity contribution in [1.82, 2.24) is 15.3 Å². The number of rotatable bonds is 7. The summed E-state index contributed by atoms with van der Waals surface area (Å²) in [6, 6.07) is 7.32. The molecule has 146 valence electrons. The molecule has 0 aliphatic heterocycles. The van der Waals surface area contributed by atoms with E-state index in [1.54, 1.807) is 6.07 Å². The molecule has 1 heterocycles. The van der Waals surface area contributed by atoms with Crippen LogP contribution in [0.25, 0.3) is 11.3 Å². The van der Waals surface area contributed by atoms with Gasteiger partial charge in [0.25, 0.3) is 0 Å². The first kappa shape index (κ1) is 21.5. The van der Waals surface area contributed by atoms with E-state index in [-0.39, 0.29) is 17.3 Å². The second-order valence-corrected chi connectivity index (χ2v) is 8.31. The van der Waals surface area contributed by atoms with E-state index in [0.717, 1.165) is 36.9 Å². The molecule has 0 spiro atoms. The van der Waals surface area contributed by atoms with Gasteiger partial charge in [-0.15, -0.1) is 0 Å². The third-order valence-electron chi connectivity index (χ3n) is 4.10. The van der Waals surface area contributed by atoms with Gasteiger partial charge in [0, 0.05) is 23.2 Å². The van der Waals surface area contributed by atoms with Gasteiger partial charge in [-0.1, -0.05) is 62.5 Å². The summed E-state index contributed by atoms with van der Waals surface area (Å²) in [5.74, 6) is 0.296. The average molecular weight is 409 g/mol. The van der Waals surface area contributed by atoms with Gasteiger partial charge in [0.05, 0.1) is 15.7 Å². The molecule has 0 unspecified atom stereocenters. The van der Waals surface area contributed by atoms with Crippen LogP contribution < -0.4 is 11.1 Å². The lowest BCUT2D eigenvalue weighted by Gasteiger charge is -2.17. The first-order valence-electron chi connectivity index (χ1n) is 9.04. The zero-order valence-electron chi connectivity index (χ0n) is 16.0. The summed E-state index contributed by atoms with van der Waals surface area (Å²) in [5.41, 5.74) is 7.79. The number of unbranched alkanes of at least 4 members (excludes halogenated alkanes) is 2. The van der Waals surface area contributed by atoms with Gasteiger partial charge >= 0.3 is 0 Å². The molecule has 1 aromatic carbocycles. The van der Waals surface area contributed by atoms with Crippen molar-refractivity contribution in [2.24, 2.45) is 5.41 Å². The van der Waals surface area contributed by atoms with E-state index in [2.05, 4.69) is 15.3 Å². The molecule has 0 saturated heterocycles. The highest BCUT2D eigenvalue weighted by atomic mass is 35.5. The number of nitrogen functional groups attached to an aromatic ring is 1. The number of anilines is 1. The van der Waals surface area contributed by atoms with Crippen molar-refractivity contribution in [3.05, 3.63) is 40.0 Å². The summed E-state index contributed by atoms with van der Waals surface area (Å²) < 4.78 is 0. The Hall–Kier alpha value is -1.85. The van der Waals surface area contributed by atoms with Crippen LogP contribution in [0.1, 0.15) is 45.7 Å². The largest absolute Gasteiger partial charge is 0.368 e. The number of aryl methyl sites for hydroxylation is 1. The van der Waals surface area contributed by atoms with Gasteiger partial charge in [-0.05, 0) is 31.4 Å². The minimum atomic E-state index is -0.351. The number of carbonyl (C=O) groups is 1. The summed E-state index contributed by atoms with van der Waals surface area (Å²) in [6.45, 7) is 6.41. The van der Waals surface area contributed by atoms with E-state index in [0.29, 0.717) is 22.3 Å². The van der Waals surface area contributed by atoms with Crippen LogP contribution in [0.15, 0.2) is 24.3 Å². The Bertz CT molecular complexity index is 803. The normalized spacial score (nSPS) is 11.4. The van der Waals surface area contributed by atoms with Crippen LogP contribution in [0.3, 0.4) is 0 Å². The highest BCUT2D eigenvalue weighted by Crippen LogP contribution is 2.33. The monoisotopic (exact) mass is 408 g/mol. The van der Waals surface area contributed by atoms with E-state index in [1.807, 2.05) is 39.0 Å². The predicted molar refractivity (Wildman–Crippen MR) is 112 cm³/mol. The van der Waals surface area contributed by atoms with Crippen molar-refractivity contribution in [3.63, 3.8) is 0 Å². The molecule has 0 saturated carbocycles. The molecule has 3 N–H and O–H groups in total.